The molecular formula is C49H90. The van der Waals surface area contributed by atoms with Crippen LogP contribution in [0.2, 0.25) is 0 Å². The van der Waals surface area contributed by atoms with Gasteiger partial charge in [-0.05, 0) is 143 Å². The molecule has 7 aliphatic carbocycles. The highest BCUT2D eigenvalue weighted by Gasteiger charge is 2.79. The van der Waals surface area contributed by atoms with Gasteiger partial charge in [0.05, 0.1) is 0 Å². The third kappa shape index (κ3) is 6.82. The first-order valence-electron chi connectivity index (χ1n) is 23.0. The van der Waals surface area contributed by atoms with Gasteiger partial charge in [-0.15, -0.1) is 0 Å². The summed E-state index contributed by atoms with van der Waals surface area (Å²) in [6.45, 7) is 39.4. The molecule has 0 aliphatic heterocycles. The molecule has 7 aliphatic rings. The molecule has 0 amide bonds. The molecule has 0 saturated heterocycles. The van der Waals surface area contributed by atoms with Crippen molar-refractivity contribution >= 4 is 0 Å². The third-order valence-electron chi connectivity index (χ3n) is 20.5. The van der Waals surface area contributed by atoms with Crippen LogP contribution in [0.25, 0.3) is 0 Å². The van der Waals surface area contributed by atoms with Gasteiger partial charge in [0.25, 0.3) is 0 Å². The van der Waals surface area contributed by atoms with Crippen LogP contribution >= 0.6 is 0 Å². The molecule has 0 aromatic rings. The Hall–Kier alpha value is 0. The molecule has 0 radical (unpaired) electrons. The largest absolute Gasteiger partial charge is 0.0651 e. The predicted molar refractivity (Wildman–Crippen MR) is 216 cm³/mol. The number of fused-ring (bicyclic) bond motifs is 10. The van der Waals surface area contributed by atoms with E-state index in [1.54, 1.807) is 0 Å². The zero-order chi connectivity index (χ0) is 36.2. The van der Waals surface area contributed by atoms with Gasteiger partial charge < -0.3 is 0 Å². The van der Waals surface area contributed by atoms with Gasteiger partial charge in [-0.2, -0.15) is 0 Å². The lowest BCUT2D eigenvalue weighted by atomic mass is 9.21. The maximum absolute atomic E-state index is 2.86. The van der Waals surface area contributed by atoms with E-state index in [0.717, 1.165) is 101 Å². The van der Waals surface area contributed by atoms with E-state index >= 15 is 0 Å². The lowest BCUT2D eigenvalue weighted by molar-refractivity contribution is -0.363. The van der Waals surface area contributed by atoms with Crippen LogP contribution in [0.3, 0.4) is 0 Å². The monoisotopic (exact) mass is 679 g/mol. The average molecular weight is 679 g/mol. The van der Waals surface area contributed by atoms with E-state index in [1.165, 1.54) is 89.9 Å². The van der Waals surface area contributed by atoms with Gasteiger partial charge in [0, 0.05) is 0 Å². The molecule has 49 heavy (non-hydrogen) atoms. The quantitative estimate of drug-likeness (QED) is 0.273. The van der Waals surface area contributed by atoms with Crippen LogP contribution in [0.5, 0.6) is 0 Å². The van der Waals surface area contributed by atoms with Crippen molar-refractivity contribution in [3.8, 4) is 0 Å². The fourth-order valence-electron chi connectivity index (χ4n) is 15.4. The fourth-order valence-corrected chi connectivity index (χ4v) is 15.4. The highest BCUT2D eigenvalue weighted by Crippen LogP contribution is 2.84. The first-order chi connectivity index (χ1) is 23.0. The first-order valence-corrected chi connectivity index (χ1v) is 23.0. The average Bonchev–Trinajstić information content (AvgIpc) is 3.02. The van der Waals surface area contributed by atoms with Crippen LogP contribution in [-0.4, -0.2) is 0 Å². The molecule has 0 heterocycles. The van der Waals surface area contributed by atoms with Gasteiger partial charge in [-0.1, -0.05) is 168 Å². The zero-order valence-corrected chi connectivity index (χ0v) is 36.2. The summed E-state index contributed by atoms with van der Waals surface area (Å²) in [7, 11) is 0. The molecule has 0 aromatic heterocycles. The van der Waals surface area contributed by atoms with Gasteiger partial charge in [0.1, 0.15) is 0 Å². The van der Waals surface area contributed by atoms with Crippen molar-refractivity contribution in [1.82, 2.24) is 0 Å². The molecule has 0 spiro atoms. The normalized spacial score (nSPS) is 54.3. The van der Waals surface area contributed by atoms with Gasteiger partial charge in [-0.25, -0.2) is 0 Å². The Labute approximate surface area is 309 Å². The summed E-state index contributed by atoms with van der Waals surface area (Å²) in [6, 6.07) is 0. The van der Waals surface area contributed by atoms with Crippen molar-refractivity contribution in [2.45, 2.75) is 194 Å². The van der Waals surface area contributed by atoms with E-state index in [9.17, 15) is 0 Å². The summed E-state index contributed by atoms with van der Waals surface area (Å²) in [5.41, 5.74) is 1.58. The molecule has 0 heteroatoms. The smallest absolute Gasteiger partial charge is 0.0227 e. The highest BCUT2D eigenvalue weighted by atomic mass is 14.8. The van der Waals surface area contributed by atoms with Crippen LogP contribution in [0.1, 0.15) is 194 Å². The summed E-state index contributed by atoms with van der Waals surface area (Å²) in [5.74, 6) is 15.6. The molecule has 0 N–H and O–H groups in total. The van der Waals surface area contributed by atoms with E-state index in [-0.39, 0.29) is 0 Å². The molecule has 18 unspecified atom stereocenters. The zero-order valence-electron chi connectivity index (χ0n) is 36.2. The molecule has 18 atom stereocenters. The van der Waals surface area contributed by atoms with Crippen LogP contribution in [-0.2, 0) is 0 Å². The van der Waals surface area contributed by atoms with Crippen molar-refractivity contribution in [1.29, 1.82) is 0 Å². The molecule has 0 nitrogen and oxygen atoms in total. The maximum Gasteiger partial charge on any atom is -0.0227 e. The minimum Gasteiger partial charge on any atom is -0.0651 e. The highest BCUT2D eigenvalue weighted by molar-refractivity contribution is 5.26. The lowest BCUT2D eigenvalue weighted by Crippen LogP contribution is -2.79. The van der Waals surface area contributed by atoms with Gasteiger partial charge in [0.2, 0.25) is 0 Å². The van der Waals surface area contributed by atoms with E-state index in [4.69, 9.17) is 0 Å². The van der Waals surface area contributed by atoms with Crippen molar-refractivity contribution in [3.63, 3.8) is 0 Å². The third-order valence-corrected chi connectivity index (χ3v) is 20.5. The van der Waals surface area contributed by atoms with Gasteiger partial charge in [-0.3, -0.25) is 0 Å². The minimum absolute atomic E-state index is 0.517. The summed E-state index contributed by atoms with van der Waals surface area (Å²) >= 11 is 0. The van der Waals surface area contributed by atoms with Crippen molar-refractivity contribution in [2.24, 2.45) is 117 Å². The van der Waals surface area contributed by atoms with Crippen molar-refractivity contribution in [3.05, 3.63) is 0 Å². The van der Waals surface area contributed by atoms with Crippen LogP contribution < -0.4 is 0 Å². The van der Waals surface area contributed by atoms with Gasteiger partial charge in [0.15, 0.2) is 0 Å². The topological polar surface area (TPSA) is 0 Å². The SMILES string of the molecule is CC1CC2CC(C)(C1)C(C)C(C)C(C)C(C)C(C)C1(C)C2C2C3CCCC(C)C(C)C(C)C(C)C3(C)C21.CCC1CCC1.CCC1CCC1. The van der Waals surface area contributed by atoms with E-state index in [1.807, 2.05) is 0 Å². The second kappa shape index (κ2) is 15.4. The summed E-state index contributed by atoms with van der Waals surface area (Å²) in [5, 5.41) is 0. The Balaban J connectivity index is 0.000000326. The maximum atomic E-state index is 2.86. The Morgan fingerprint density at radius 3 is 1.49 bits per heavy atom. The molecule has 2 bridgehead atoms. The summed E-state index contributed by atoms with van der Waals surface area (Å²) < 4.78 is 0. The van der Waals surface area contributed by atoms with Gasteiger partial charge >= 0.3 is 0 Å². The second-order valence-electron chi connectivity index (χ2n) is 22.1. The molecule has 7 fully saturated rings. The Kier molecular flexibility index (Phi) is 12.6. The Bertz CT molecular complexity index is 1030. The first kappa shape index (κ1) is 40.2. The predicted octanol–water partition coefficient (Wildman–Crippen LogP) is 15.2. The standard InChI is InChI=1S/C37H66.2C6H12/c1-20-17-30-19-35(11,18-20)27(8)25(6)23(4)26(7)29(10)37(13)33(30)32-31-16-14-15-21(2)22(3)24(5)28(9)36(31,12)34(32)37;2*1-2-6-4-3-5-6/h20-34H,14-19H2,1-13H3;2*6H,2-5H2,1H3. The fraction of sp³-hybridized carbons (Fsp3) is 1.00. The van der Waals surface area contributed by atoms with E-state index in [2.05, 4.69) is 104 Å². The van der Waals surface area contributed by atoms with Crippen LogP contribution in [0.4, 0.5) is 0 Å². The number of hydrogen-bond acceptors (Lipinski definition) is 0. The Morgan fingerprint density at radius 1 is 0.510 bits per heavy atom. The van der Waals surface area contributed by atoms with Crippen molar-refractivity contribution < 1.29 is 0 Å². The number of hydrogen-bond donors (Lipinski definition) is 0. The molecule has 7 rings (SSSR count). The number of rotatable bonds is 2. The molecule has 286 valence electrons. The summed E-state index contributed by atoms with van der Waals surface area (Å²) in [4.78, 5) is 0. The van der Waals surface area contributed by atoms with E-state index in [0.29, 0.717) is 16.2 Å². The minimum atomic E-state index is 0.517. The Morgan fingerprint density at radius 2 is 1.00 bits per heavy atom. The molecule has 7 saturated carbocycles. The van der Waals surface area contributed by atoms with Crippen molar-refractivity contribution in [2.75, 3.05) is 0 Å². The summed E-state index contributed by atoms with van der Waals surface area (Å²) in [6.07, 6.45) is 20.8. The molecule has 0 aromatic carbocycles. The van der Waals surface area contributed by atoms with Crippen LogP contribution in [0, 0.1) is 117 Å². The molecular weight excluding hydrogens is 589 g/mol. The van der Waals surface area contributed by atoms with Crippen LogP contribution in [0.15, 0.2) is 0 Å². The lowest BCUT2D eigenvalue weighted by Gasteiger charge is -2.83. The van der Waals surface area contributed by atoms with E-state index < -0.39 is 0 Å². The second-order valence-corrected chi connectivity index (χ2v) is 22.1.